The molecule has 6 nitrogen and oxygen atoms in total. The minimum absolute atomic E-state index is 0.0308. The van der Waals surface area contributed by atoms with Crippen LogP contribution in [0.15, 0.2) is 21.2 Å². The van der Waals surface area contributed by atoms with Crippen LogP contribution < -0.4 is 11.1 Å². The van der Waals surface area contributed by atoms with Crippen LogP contribution in [0.3, 0.4) is 0 Å². The number of carbonyl (C=O) groups excluding carboxylic acids is 2. The molecule has 1 aromatic rings. The van der Waals surface area contributed by atoms with Crippen molar-refractivity contribution >= 4 is 27.7 Å². The summed E-state index contributed by atoms with van der Waals surface area (Å²) in [5.41, 5.74) is 5.69. The molecule has 112 valence electrons. The van der Waals surface area contributed by atoms with E-state index in [4.69, 9.17) is 10.2 Å². The summed E-state index contributed by atoms with van der Waals surface area (Å²) in [6, 6.07) is 2.94. The molecule has 20 heavy (non-hydrogen) atoms. The maximum atomic E-state index is 11.9. The maximum Gasteiger partial charge on any atom is 0.242 e. The van der Waals surface area contributed by atoms with Crippen LogP contribution in [-0.4, -0.2) is 36.3 Å². The third-order valence-electron chi connectivity index (χ3n) is 2.88. The average Bonchev–Trinajstić information content (AvgIpc) is 2.79. The van der Waals surface area contributed by atoms with E-state index < -0.39 is 6.04 Å². The van der Waals surface area contributed by atoms with Crippen LogP contribution in [0, 0.1) is 5.92 Å². The summed E-state index contributed by atoms with van der Waals surface area (Å²) in [7, 11) is 1.65. The largest absolute Gasteiger partial charge is 0.452 e. The topological polar surface area (TPSA) is 88.6 Å². The van der Waals surface area contributed by atoms with Gasteiger partial charge in [0.2, 0.25) is 11.8 Å². The first-order valence-electron chi connectivity index (χ1n) is 6.32. The number of furan rings is 1. The zero-order chi connectivity index (χ0) is 15.3. The highest BCUT2D eigenvalue weighted by molar-refractivity contribution is 9.10. The van der Waals surface area contributed by atoms with E-state index in [9.17, 15) is 9.59 Å². The molecule has 0 aliphatic carbocycles. The summed E-state index contributed by atoms with van der Waals surface area (Å²) >= 11 is 3.20. The van der Waals surface area contributed by atoms with E-state index in [1.807, 2.05) is 13.8 Å². The van der Waals surface area contributed by atoms with Crippen molar-refractivity contribution in [1.29, 1.82) is 0 Å². The molecule has 7 heteroatoms. The van der Waals surface area contributed by atoms with E-state index in [1.165, 1.54) is 4.90 Å². The number of likely N-dealkylation sites (N-methyl/N-ethyl adjacent to an activating group) is 1. The van der Waals surface area contributed by atoms with Crippen LogP contribution in [0.2, 0.25) is 0 Å². The number of nitrogens with two attached hydrogens (primary N) is 1. The van der Waals surface area contributed by atoms with Gasteiger partial charge in [-0.05, 0) is 34.0 Å². The van der Waals surface area contributed by atoms with Crippen molar-refractivity contribution in [3.8, 4) is 0 Å². The average molecular weight is 346 g/mol. The third-order valence-corrected chi connectivity index (χ3v) is 3.31. The third kappa shape index (κ3) is 4.97. The van der Waals surface area contributed by atoms with Crippen LogP contribution in [-0.2, 0) is 16.1 Å². The fourth-order valence-corrected chi connectivity index (χ4v) is 1.82. The van der Waals surface area contributed by atoms with Crippen molar-refractivity contribution in [3.05, 3.63) is 22.6 Å². The van der Waals surface area contributed by atoms with Gasteiger partial charge in [0, 0.05) is 7.05 Å². The monoisotopic (exact) mass is 345 g/mol. The number of nitrogens with one attached hydrogen (secondary N) is 1. The van der Waals surface area contributed by atoms with Crippen LogP contribution in [0.25, 0.3) is 0 Å². The van der Waals surface area contributed by atoms with E-state index in [0.29, 0.717) is 17.0 Å². The number of amides is 2. The molecule has 2 amide bonds. The second kappa shape index (κ2) is 7.44. The van der Waals surface area contributed by atoms with Crippen LogP contribution in [0.5, 0.6) is 0 Å². The fourth-order valence-electron chi connectivity index (χ4n) is 1.48. The Bertz CT molecular complexity index is 473. The van der Waals surface area contributed by atoms with E-state index in [2.05, 4.69) is 21.2 Å². The quantitative estimate of drug-likeness (QED) is 0.807. The Morgan fingerprint density at radius 1 is 1.45 bits per heavy atom. The van der Waals surface area contributed by atoms with Gasteiger partial charge in [0.25, 0.3) is 0 Å². The van der Waals surface area contributed by atoms with Crippen molar-refractivity contribution < 1.29 is 14.0 Å². The van der Waals surface area contributed by atoms with Gasteiger partial charge in [-0.25, -0.2) is 0 Å². The summed E-state index contributed by atoms with van der Waals surface area (Å²) < 4.78 is 5.93. The molecule has 0 aliphatic heterocycles. The predicted octanol–water partition coefficient (Wildman–Crippen LogP) is 1.10. The lowest BCUT2D eigenvalue weighted by Gasteiger charge is -2.18. The molecule has 1 rings (SSSR count). The zero-order valence-electron chi connectivity index (χ0n) is 11.9. The highest BCUT2D eigenvalue weighted by atomic mass is 79.9. The number of rotatable bonds is 6. The Labute approximate surface area is 126 Å². The molecule has 0 spiro atoms. The van der Waals surface area contributed by atoms with Crippen molar-refractivity contribution in [3.63, 3.8) is 0 Å². The molecule has 1 atom stereocenters. The second-order valence-corrected chi connectivity index (χ2v) is 5.72. The molecule has 1 aromatic heterocycles. The summed E-state index contributed by atoms with van der Waals surface area (Å²) in [5.74, 6) is 0.172. The van der Waals surface area contributed by atoms with E-state index >= 15 is 0 Å². The lowest BCUT2D eigenvalue weighted by atomic mass is 10.1. The normalized spacial score (nSPS) is 12.3. The van der Waals surface area contributed by atoms with Gasteiger partial charge in [0.05, 0.1) is 19.1 Å². The first-order chi connectivity index (χ1) is 9.31. The molecule has 0 aliphatic rings. The Hall–Kier alpha value is -1.34. The highest BCUT2D eigenvalue weighted by Gasteiger charge is 2.19. The number of carbonyl (C=O) groups is 2. The summed E-state index contributed by atoms with van der Waals surface area (Å²) in [4.78, 5) is 25.0. The van der Waals surface area contributed by atoms with Crippen molar-refractivity contribution in [1.82, 2.24) is 10.2 Å². The predicted molar refractivity (Wildman–Crippen MR) is 78.7 cm³/mol. The Balaban J connectivity index is 2.40. The van der Waals surface area contributed by atoms with Gasteiger partial charge >= 0.3 is 0 Å². The molecule has 0 saturated heterocycles. The van der Waals surface area contributed by atoms with Crippen molar-refractivity contribution in [2.45, 2.75) is 26.4 Å². The fraction of sp³-hybridized carbons (Fsp3) is 0.538. The minimum atomic E-state index is -0.603. The molecule has 0 fully saturated rings. The molecule has 0 radical (unpaired) electrons. The summed E-state index contributed by atoms with van der Waals surface area (Å²) in [5, 5.41) is 2.54. The molecule has 0 unspecified atom stereocenters. The van der Waals surface area contributed by atoms with E-state index in [-0.39, 0.29) is 24.3 Å². The highest BCUT2D eigenvalue weighted by Crippen LogP contribution is 2.15. The van der Waals surface area contributed by atoms with Gasteiger partial charge < -0.3 is 20.4 Å². The van der Waals surface area contributed by atoms with E-state index in [1.54, 1.807) is 19.2 Å². The van der Waals surface area contributed by atoms with Crippen LogP contribution in [0.4, 0.5) is 0 Å². The van der Waals surface area contributed by atoms with Crippen molar-refractivity contribution in [2.24, 2.45) is 11.7 Å². The summed E-state index contributed by atoms with van der Waals surface area (Å²) in [6.45, 7) is 3.98. The molecular formula is C13H20BrN3O3. The Kier molecular flexibility index (Phi) is 6.22. The lowest BCUT2D eigenvalue weighted by molar-refractivity contribution is -0.133. The van der Waals surface area contributed by atoms with Gasteiger partial charge in [-0.15, -0.1) is 0 Å². The first-order valence-corrected chi connectivity index (χ1v) is 7.12. The molecule has 1 heterocycles. The van der Waals surface area contributed by atoms with Gasteiger partial charge in [0.15, 0.2) is 4.67 Å². The molecule has 3 N–H and O–H groups in total. The van der Waals surface area contributed by atoms with Gasteiger partial charge in [-0.3, -0.25) is 9.59 Å². The molecule has 0 saturated carbocycles. The van der Waals surface area contributed by atoms with Crippen LogP contribution >= 0.6 is 15.9 Å². The van der Waals surface area contributed by atoms with E-state index in [0.717, 1.165) is 0 Å². The first kappa shape index (κ1) is 16.7. The lowest BCUT2D eigenvalue weighted by Crippen LogP contribution is -2.47. The SMILES string of the molecule is CC(C)[C@H](N)C(=O)NCC(=O)N(C)Cc1ccc(Br)o1. The van der Waals surface area contributed by atoms with Gasteiger partial charge in [0.1, 0.15) is 5.76 Å². The number of hydrogen-bond acceptors (Lipinski definition) is 4. The Morgan fingerprint density at radius 2 is 2.10 bits per heavy atom. The molecular weight excluding hydrogens is 326 g/mol. The van der Waals surface area contributed by atoms with Gasteiger partial charge in [-0.2, -0.15) is 0 Å². The Morgan fingerprint density at radius 3 is 2.60 bits per heavy atom. The zero-order valence-corrected chi connectivity index (χ0v) is 13.4. The van der Waals surface area contributed by atoms with Crippen LogP contribution in [0.1, 0.15) is 19.6 Å². The number of hydrogen-bond donors (Lipinski definition) is 2. The summed E-state index contributed by atoms with van der Waals surface area (Å²) in [6.07, 6.45) is 0. The standard InChI is InChI=1S/C13H20BrN3O3/c1-8(2)12(15)13(19)16-6-11(18)17(3)7-9-4-5-10(14)20-9/h4-5,8,12H,6-7,15H2,1-3H3,(H,16,19)/t12-/m0/s1. The van der Waals surface area contributed by atoms with Gasteiger partial charge in [-0.1, -0.05) is 13.8 Å². The molecule has 0 bridgehead atoms. The maximum absolute atomic E-state index is 11.9. The number of halogens is 1. The second-order valence-electron chi connectivity index (χ2n) is 4.94. The van der Waals surface area contributed by atoms with Crippen molar-refractivity contribution in [2.75, 3.05) is 13.6 Å². The molecule has 0 aromatic carbocycles. The smallest absolute Gasteiger partial charge is 0.242 e. The number of nitrogens with zero attached hydrogens (tertiary/aromatic N) is 1. The minimum Gasteiger partial charge on any atom is -0.452 e.